The number of rotatable bonds is 1. The monoisotopic (exact) mass is 230 g/mol. The molecule has 0 bridgehead atoms. The highest BCUT2D eigenvalue weighted by molar-refractivity contribution is 6.28. The molecular formula is C11H7ClN4. The molecule has 0 fully saturated rings. The summed E-state index contributed by atoms with van der Waals surface area (Å²) in [5.74, 6) is 0.649. The Hall–Kier alpha value is -1.94. The van der Waals surface area contributed by atoms with Gasteiger partial charge in [-0.1, -0.05) is 30.3 Å². The number of aromatic nitrogens is 4. The summed E-state index contributed by atoms with van der Waals surface area (Å²) in [6.07, 6.45) is 1.61. The Morgan fingerprint density at radius 3 is 2.62 bits per heavy atom. The normalized spacial score (nSPS) is 10.8. The van der Waals surface area contributed by atoms with Crippen molar-refractivity contribution in [3.05, 3.63) is 47.9 Å². The molecule has 5 heteroatoms. The molecule has 2 heterocycles. The summed E-state index contributed by atoms with van der Waals surface area (Å²) in [6.45, 7) is 0. The number of nitrogens with zero attached hydrogens (tertiary/aromatic N) is 4. The third-order valence-corrected chi connectivity index (χ3v) is 2.50. The second kappa shape index (κ2) is 3.57. The molecular weight excluding hydrogens is 224 g/mol. The number of hydrogen-bond donors (Lipinski definition) is 0. The van der Waals surface area contributed by atoms with E-state index in [1.54, 1.807) is 12.3 Å². The van der Waals surface area contributed by atoms with Crippen molar-refractivity contribution >= 4 is 17.2 Å². The molecule has 1 aromatic carbocycles. The van der Waals surface area contributed by atoms with Crippen molar-refractivity contribution in [2.24, 2.45) is 0 Å². The minimum absolute atomic E-state index is 0.312. The smallest absolute Gasteiger partial charge is 0.225 e. The van der Waals surface area contributed by atoms with Crippen molar-refractivity contribution in [2.45, 2.75) is 0 Å². The average molecular weight is 231 g/mol. The molecule has 3 aromatic rings. The summed E-state index contributed by atoms with van der Waals surface area (Å²) in [4.78, 5) is 8.31. The van der Waals surface area contributed by atoms with E-state index in [-0.39, 0.29) is 0 Å². The van der Waals surface area contributed by atoms with Crippen molar-refractivity contribution in [1.82, 2.24) is 19.6 Å². The largest absolute Gasteiger partial charge is 0.226 e. The van der Waals surface area contributed by atoms with E-state index in [1.807, 2.05) is 30.3 Å². The van der Waals surface area contributed by atoms with E-state index in [4.69, 9.17) is 11.6 Å². The topological polar surface area (TPSA) is 43.1 Å². The van der Waals surface area contributed by atoms with Crippen LogP contribution in [-0.4, -0.2) is 19.6 Å². The molecule has 0 saturated carbocycles. The second-order valence-corrected chi connectivity index (χ2v) is 3.62. The van der Waals surface area contributed by atoms with Crippen LogP contribution in [0.1, 0.15) is 0 Å². The number of hydrogen-bond acceptors (Lipinski definition) is 3. The van der Waals surface area contributed by atoms with Crippen molar-refractivity contribution in [1.29, 1.82) is 0 Å². The van der Waals surface area contributed by atoms with Crippen LogP contribution in [0, 0.1) is 0 Å². The van der Waals surface area contributed by atoms with Crippen molar-refractivity contribution in [2.75, 3.05) is 0 Å². The molecule has 0 spiro atoms. The van der Waals surface area contributed by atoms with Gasteiger partial charge in [-0.25, -0.2) is 9.97 Å². The van der Waals surface area contributed by atoms with E-state index in [1.165, 1.54) is 4.52 Å². The van der Waals surface area contributed by atoms with Crippen LogP contribution in [0.2, 0.25) is 5.28 Å². The molecule has 0 N–H and O–H groups in total. The quantitative estimate of drug-likeness (QED) is 0.603. The van der Waals surface area contributed by atoms with Gasteiger partial charge in [-0.3, -0.25) is 0 Å². The van der Waals surface area contributed by atoms with E-state index in [2.05, 4.69) is 15.1 Å². The number of halogens is 1. The maximum absolute atomic E-state index is 5.91. The van der Waals surface area contributed by atoms with Gasteiger partial charge in [0.1, 0.15) is 0 Å². The zero-order valence-electron chi connectivity index (χ0n) is 8.21. The lowest BCUT2D eigenvalue weighted by molar-refractivity contribution is 0.926. The van der Waals surface area contributed by atoms with Gasteiger partial charge in [-0.15, -0.1) is 5.10 Å². The first-order valence-corrected chi connectivity index (χ1v) is 5.15. The summed E-state index contributed by atoms with van der Waals surface area (Å²) in [7, 11) is 0. The van der Waals surface area contributed by atoms with Gasteiger partial charge >= 0.3 is 0 Å². The predicted molar refractivity (Wildman–Crippen MR) is 61.2 cm³/mol. The van der Waals surface area contributed by atoms with Crippen LogP contribution >= 0.6 is 11.6 Å². The van der Waals surface area contributed by atoms with Gasteiger partial charge in [0.25, 0.3) is 0 Å². The van der Waals surface area contributed by atoms with Crippen LogP contribution < -0.4 is 0 Å². The first-order valence-electron chi connectivity index (χ1n) is 4.77. The SMILES string of the molecule is Clc1nccc2nc(-c3ccccc3)nn12. The van der Waals surface area contributed by atoms with E-state index in [0.29, 0.717) is 16.8 Å². The Labute approximate surface area is 96.5 Å². The number of fused-ring (bicyclic) bond motifs is 1. The molecule has 0 radical (unpaired) electrons. The summed E-state index contributed by atoms with van der Waals surface area (Å²) in [6, 6.07) is 11.5. The summed E-state index contributed by atoms with van der Waals surface area (Å²) in [5, 5.41) is 4.61. The lowest BCUT2D eigenvalue weighted by Gasteiger charge is -1.92. The Morgan fingerprint density at radius 1 is 1.06 bits per heavy atom. The molecule has 0 aliphatic rings. The van der Waals surface area contributed by atoms with E-state index in [0.717, 1.165) is 5.56 Å². The highest BCUT2D eigenvalue weighted by Crippen LogP contribution is 2.16. The van der Waals surface area contributed by atoms with Crippen LogP contribution in [0.4, 0.5) is 0 Å². The fourth-order valence-electron chi connectivity index (χ4n) is 1.50. The van der Waals surface area contributed by atoms with Crippen LogP contribution in [0.15, 0.2) is 42.6 Å². The molecule has 0 aliphatic heterocycles. The Morgan fingerprint density at radius 2 is 1.88 bits per heavy atom. The van der Waals surface area contributed by atoms with E-state index in [9.17, 15) is 0 Å². The zero-order valence-corrected chi connectivity index (χ0v) is 8.96. The lowest BCUT2D eigenvalue weighted by atomic mass is 10.2. The molecule has 0 unspecified atom stereocenters. The summed E-state index contributed by atoms with van der Waals surface area (Å²) in [5.41, 5.74) is 1.65. The molecule has 78 valence electrons. The minimum atomic E-state index is 0.312. The van der Waals surface area contributed by atoms with Crippen molar-refractivity contribution in [3.8, 4) is 11.4 Å². The lowest BCUT2D eigenvalue weighted by Crippen LogP contribution is -1.91. The Balaban J connectivity index is 2.23. The third-order valence-electron chi connectivity index (χ3n) is 2.24. The molecule has 0 saturated heterocycles. The molecule has 0 aliphatic carbocycles. The van der Waals surface area contributed by atoms with Gasteiger partial charge in [0.15, 0.2) is 11.5 Å². The van der Waals surface area contributed by atoms with Crippen LogP contribution in [0.25, 0.3) is 17.0 Å². The molecule has 4 nitrogen and oxygen atoms in total. The van der Waals surface area contributed by atoms with Crippen LogP contribution in [-0.2, 0) is 0 Å². The highest BCUT2D eigenvalue weighted by atomic mass is 35.5. The second-order valence-electron chi connectivity index (χ2n) is 3.29. The Bertz CT molecular complexity index is 633. The van der Waals surface area contributed by atoms with Crippen molar-refractivity contribution in [3.63, 3.8) is 0 Å². The van der Waals surface area contributed by atoms with Crippen molar-refractivity contribution < 1.29 is 0 Å². The average Bonchev–Trinajstić information content (AvgIpc) is 2.76. The standard InChI is InChI=1S/C11H7ClN4/c12-11-13-7-6-9-14-10(15-16(9)11)8-4-2-1-3-5-8/h1-7H. The Kier molecular flexibility index (Phi) is 2.08. The van der Waals surface area contributed by atoms with Gasteiger partial charge in [0, 0.05) is 17.8 Å². The predicted octanol–water partition coefficient (Wildman–Crippen LogP) is 2.44. The highest BCUT2D eigenvalue weighted by Gasteiger charge is 2.07. The number of benzene rings is 1. The first-order chi connectivity index (χ1) is 7.84. The molecule has 0 atom stereocenters. The van der Waals surface area contributed by atoms with Crippen LogP contribution in [0.3, 0.4) is 0 Å². The van der Waals surface area contributed by atoms with Gasteiger partial charge in [0.2, 0.25) is 5.28 Å². The van der Waals surface area contributed by atoms with E-state index < -0.39 is 0 Å². The zero-order chi connectivity index (χ0) is 11.0. The maximum Gasteiger partial charge on any atom is 0.225 e. The van der Waals surface area contributed by atoms with Gasteiger partial charge in [0.05, 0.1) is 0 Å². The van der Waals surface area contributed by atoms with Gasteiger partial charge < -0.3 is 0 Å². The van der Waals surface area contributed by atoms with Gasteiger partial charge in [-0.05, 0) is 11.6 Å². The summed E-state index contributed by atoms with van der Waals surface area (Å²) < 4.78 is 1.52. The molecule has 16 heavy (non-hydrogen) atoms. The maximum atomic E-state index is 5.91. The minimum Gasteiger partial charge on any atom is -0.226 e. The van der Waals surface area contributed by atoms with E-state index >= 15 is 0 Å². The van der Waals surface area contributed by atoms with Crippen LogP contribution in [0.5, 0.6) is 0 Å². The molecule has 3 rings (SSSR count). The summed E-state index contributed by atoms with van der Waals surface area (Å²) >= 11 is 5.91. The fraction of sp³-hybridized carbons (Fsp3) is 0. The van der Waals surface area contributed by atoms with Gasteiger partial charge in [-0.2, -0.15) is 4.52 Å². The fourth-order valence-corrected chi connectivity index (χ4v) is 1.68. The molecule has 2 aromatic heterocycles. The first kappa shape index (κ1) is 9.30. The third kappa shape index (κ3) is 1.44. The molecule has 0 amide bonds.